The maximum absolute atomic E-state index is 13.2. The van der Waals surface area contributed by atoms with E-state index in [1.165, 1.54) is 0 Å². The highest BCUT2D eigenvalue weighted by molar-refractivity contribution is 9.10. The van der Waals surface area contributed by atoms with E-state index in [2.05, 4.69) is 20.9 Å². The van der Waals surface area contributed by atoms with E-state index < -0.39 is 5.60 Å². The number of nitrogens with one attached hydrogen (secondary N) is 1. The zero-order chi connectivity index (χ0) is 17.1. The second-order valence-corrected chi connectivity index (χ2v) is 7.01. The number of fused-ring (bicyclic) bond motifs is 2. The van der Waals surface area contributed by atoms with Crippen molar-refractivity contribution in [1.82, 2.24) is 4.98 Å². The Morgan fingerprint density at radius 3 is 2.75 bits per heavy atom. The van der Waals surface area contributed by atoms with Crippen LogP contribution in [-0.4, -0.2) is 22.5 Å². The van der Waals surface area contributed by atoms with Gasteiger partial charge in [-0.3, -0.25) is 4.79 Å². The fourth-order valence-corrected chi connectivity index (χ4v) is 4.11. The van der Waals surface area contributed by atoms with E-state index in [1.54, 1.807) is 4.90 Å². The number of likely N-dealkylation sites (N-methyl/N-ethyl adjacent to an activating group) is 1. The Morgan fingerprint density at radius 2 is 2.00 bits per heavy atom. The fraction of sp³-hybridized carbons (Fsp3) is 0.211. The number of aliphatic hydroxyl groups is 1. The molecule has 0 saturated heterocycles. The minimum Gasteiger partial charge on any atom is -0.372 e. The molecule has 122 valence electrons. The van der Waals surface area contributed by atoms with E-state index in [4.69, 9.17) is 0 Å². The van der Waals surface area contributed by atoms with Gasteiger partial charge >= 0.3 is 0 Å². The maximum Gasteiger partial charge on any atom is 0.268 e. The van der Waals surface area contributed by atoms with Gasteiger partial charge in [-0.05, 0) is 38.1 Å². The van der Waals surface area contributed by atoms with Gasteiger partial charge < -0.3 is 15.0 Å². The minimum absolute atomic E-state index is 0.300. The Morgan fingerprint density at radius 1 is 1.25 bits per heavy atom. The first kappa shape index (κ1) is 15.4. The number of hydrogen-bond donors (Lipinski definition) is 2. The lowest BCUT2D eigenvalue weighted by atomic mass is 9.85. The lowest BCUT2D eigenvalue weighted by Gasteiger charge is -2.23. The average molecular weight is 385 g/mol. The third-order valence-electron chi connectivity index (χ3n) is 4.77. The molecule has 0 radical (unpaired) electrons. The standard InChI is InChI=1S/C19H17BrN2O2/c1-3-22-16-9-8-12(20)10-14(16)19(24,18(22)23)17-11(2)21-15-7-5-4-6-13(15)17/h4-10,21,24H,3H2,1-2H3/t19-/m1/s1. The third kappa shape index (κ3) is 1.85. The molecule has 0 aliphatic carbocycles. The zero-order valence-electron chi connectivity index (χ0n) is 13.4. The minimum atomic E-state index is -1.68. The number of H-pyrrole nitrogens is 1. The number of benzene rings is 2. The number of aromatic nitrogens is 1. The number of rotatable bonds is 2. The van der Waals surface area contributed by atoms with Gasteiger partial charge in [0, 0.05) is 38.7 Å². The van der Waals surface area contributed by atoms with Crippen LogP contribution in [0.4, 0.5) is 5.69 Å². The van der Waals surface area contributed by atoms with Crippen molar-refractivity contribution in [3.8, 4) is 0 Å². The Labute approximate surface area is 148 Å². The quantitative estimate of drug-likeness (QED) is 0.704. The van der Waals surface area contributed by atoms with Gasteiger partial charge in [0.25, 0.3) is 5.91 Å². The highest BCUT2D eigenvalue weighted by Gasteiger charge is 2.52. The molecule has 1 aliphatic rings. The molecule has 0 bridgehead atoms. The zero-order valence-corrected chi connectivity index (χ0v) is 15.0. The van der Waals surface area contributed by atoms with Crippen molar-refractivity contribution >= 4 is 38.4 Å². The molecule has 0 fully saturated rings. The summed E-state index contributed by atoms with van der Waals surface area (Å²) in [5, 5.41) is 12.5. The fourth-order valence-electron chi connectivity index (χ4n) is 3.75. The molecule has 0 saturated carbocycles. The van der Waals surface area contributed by atoms with Gasteiger partial charge in [0.1, 0.15) is 0 Å². The molecule has 5 heteroatoms. The largest absolute Gasteiger partial charge is 0.372 e. The van der Waals surface area contributed by atoms with Crippen LogP contribution in [0.3, 0.4) is 0 Å². The molecule has 1 aliphatic heterocycles. The van der Waals surface area contributed by atoms with Crippen LogP contribution < -0.4 is 4.90 Å². The Kier molecular flexibility index (Phi) is 3.34. The molecule has 2 N–H and O–H groups in total. The second kappa shape index (κ2) is 5.19. The van der Waals surface area contributed by atoms with E-state index in [-0.39, 0.29) is 5.91 Å². The predicted octanol–water partition coefficient (Wildman–Crippen LogP) is 3.84. The number of carbonyl (C=O) groups excluding carboxylic acids is 1. The molecule has 2 heterocycles. The third-order valence-corrected chi connectivity index (χ3v) is 5.26. The molecule has 24 heavy (non-hydrogen) atoms. The molecule has 4 rings (SSSR count). The van der Waals surface area contributed by atoms with Crippen LogP contribution in [-0.2, 0) is 10.4 Å². The summed E-state index contributed by atoms with van der Waals surface area (Å²) in [6, 6.07) is 13.3. The monoisotopic (exact) mass is 384 g/mol. The molecule has 1 atom stereocenters. The van der Waals surface area contributed by atoms with E-state index >= 15 is 0 Å². The highest BCUT2D eigenvalue weighted by Crippen LogP contribution is 2.48. The molecule has 0 spiro atoms. The summed E-state index contributed by atoms with van der Waals surface area (Å²) in [6.45, 7) is 4.32. The molecule has 1 amide bonds. The molecular weight excluding hydrogens is 368 g/mol. The second-order valence-electron chi connectivity index (χ2n) is 6.09. The van der Waals surface area contributed by atoms with Crippen molar-refractivity contribution in [2.75, 3.05) is 11.4 Å². The molecule has 2 aromatic carbocycles. The number of aryl methyl sites for hydroxylation is 1. The Bertz CT molecular complexity index is 979. The summed E-state index contributed by atoms with van der Waals surface area (Å²) in [6.07, 6.45) is 0. The smallest absolute Gasteiger partial charge is 0.268 e. The lowest BCUT2D eigenvalue weighted by molar-refractivity contribution is -0.132. The average Bonchev–Trinajstić information content (AvgIpc) is 3.01. The van der Waals surface area contributed by atoms with E-state index in [0.29, 0.717) is 17.7 Å². The van der Waals surface area contributed by atoms with Gasteiger partial charge in [-0.15, -0.1) is 0 Å². The first-order chi connectivity index (χ1) is 11.5. The summed E-state index contributed by atoms with van der Waals surface area (Å²) < 4.78 is 0.836. The van der Waals surface area contributed by atoms with Crippen LogP contribution >= 0.6 is 15.9 Å². The number of aromatic amines is 1. The van der Waals surface area contributed by atoms with Crippen molar-refractivity contribution < 1.29 is 9.90 Å². The first-order valence-electron chi connectivity index (χ1n) is 7.90. The van der Waals surface area contributed by atoms with Gasteiger partial charge in [-0.2, -0.15) is 0 Å². The van der Waals surface area contributed by atoms with Gasteiger partial charge in [0.05, 0.1) is 5.69 Å². The van der Waals surface area contributed by atoms with Crippen molar-refractivity contribution in [3.05, 3.63) is 63.8 Å². The first-order valence-corrected chi connectivity index (χ1v) is 8.70. The Balaban J connectivity index is 2.08. The van der Waals surface area contributed by atoms with Gasteiger partial charge in [0.15, 0.2) is 5.60 Å². The summed E-state index contributed by atoms with van der Waals surface area (Å²) in [5.41, 5.74) is 2.06. The number of hydrogen-bond acceptors (Lipinski definition) is 2. The van der Waals surface area contributed by atoms with Crippen molar-refractivity contribution in [2.24, 2.45) is 0 Å². The number of para-hydroxylation sites is 1. The van der Waals surface area contributed by atoms with E-state index in [0.717, 1.165) is 26.8 Å². The number of halogens is 1. The predicted molar refractivity (Wildman–Crippen MR) is 98.2 cm³/mol. The SMILES string of the molecule is CCN1C(=O)[C@](O)(c2c(C)[nH]c3ccccc23)c2cc(Br)ccc21. The molecule has 3 aromatic rings. The topological polar surface area (TPSA) is 56.3 Å². The van der Waals surface area contributed by atoms with E-state index in [1.807, 2.05) is 56.3 Å². The molecule has 1 aromatic heterocycles. The van der Waals surface area contributed by atoms with Crippen molar-refractivity contribution in [1.29, 1.82) is 0 Å². The number of amides is 1. The van der Waals surface area contributed by atoms with Crippen LogP contribution in [0.25, 0.3) is 10.9 Å². The van der Waals surface area contributed by atoms with E-state index in [9.17, 15) is 9.90 Å². The Hall–Kier alpha value is -2.11. The van der Waals surface area contributed by atoms with Crippen LogP contribution in [0.2, 0.25) is 0 Å². The lowest BCUT2D eigenvalue weighted by Crippen LogP contribution is -2.41. The number of anilines is 1. The van der Waals surface area contributed by atoms with Gasteiger partial charge in [-0.25, -0.2) is 0 Å². The molecule has 0 unspecified atom stereocenters. The van der Waals surface area contributed by atoms with Gasteiger partial charge in [0.2, 0.25) is 0 Å². The molecule has 4 nitrogen and oxygen atoms in total. The molecular formula is C19H17BrN2O2. The number of nitrogens with zero attached hydrogens (tertiary/aromatic N) is 1. The number of carbonyl (C=O) groups is 1. The maximum atomic E-state index is 13.2. The normalized spacial score (nSPS) is 20.0. The summed E-state index contributed by atoms with van der Waals surface area (Å²) in [7, 11) is 0. The van der Waals surface area contributed by atoms with Crippen LogP contribution in [0.1, 0.15) is 23.7 Å². The summed E-state index contributed by atoms with van der Waals surface area (Å²) in [5.74, 6) is -0.300. The highest BCUT2D eigenvalue weighted by atomic mass is 79.9. The summed E-state index contributed by atoms with van der Waals surface area (Å²) >= 11 is 3.46. The van der Waals surface area contributed by atoms with Crippen LogP contribution in [0.5, 0.6) is 0 Å². The van der Waals surface area contributed by atoms with Crippen LogP contribution in [0, 0.1) is 6.92 Å². The summed E-state index contributed by atoms with van der Waals surface area (Å²) in [4.78, 5) is 18.1. The van der Waals surface area contributed by atoms with Gasteiger partial charge in [-0.1, -0.05) is 34.1 Å². The van der Waals surface area contributed by atoms with Crippen molar-refractivity contribution in [3.63, 3.8) is 0 Å². The van der Waals surface area contributed by atoms with Crippen molar-refractivity contribution in [2.45, 2.75) is 19.4 Å². The van der Waals surface area contributed by atoms with Crippen LogP contribution in [0.15, 0.2) is 46.9 Å².